The molecule has 0 heterocycles. The van der Waals surface area contributed by atoms with E-state index in [1.54, 1.807) is 45.0 Å². The fraction of sp³-hybridized carbons (Fsp3) is 0.500. The number of carbonyl (C=O) groups is 3. The van der Waals surface area contributed by atoms with E-state index in [1.165, 1.54) is 19.2 Å². The summed E-state index contributed by atoms with van der Waals surface area (Å²) >= 11 is 6.30. The SMILES string of the molecule is COCCOc1ccc(NC(=O)c2cc(CNC(=O)C(C)(C)C)ccc2Cl)cc1C(=O)N[C@H]1CC[C@H](C(F)(F)F)CC1. The zero-order chi connectivity index (χ0) is 31.1. The van der Waals surface area contributed by atoms with Crippen molar-refractivity contribution in [2.45, 2.75) is 65.2 Å². The van der Waals surface area contributed by atoms with Crippen molar-refractivity contribution in [3.05, 3.63) is 58.1 Å². The maximum absolute atomic E-state index is 13.2. The molecule has 230 valence electrons. The van der Waals surface area contributed by atoms with Crippen LogP contribution in [0.1, 0.15) is 72.7 Å². The Kier molecular flexibility index (Phi) is 11.3. The summed E-state index contributed by atoms with van der Waals surface area (Å²) in [4.78, 5) is 38.6. The van der Waals surface area contributed by atoms with E-state index in [4.69, 9.17) is 21.1 Å². The summed E-state index contributed by atoms with van der Waals surface area (Å²) in [6, 6.07) is 8.97. The Bertz CT molecular complexity index is 1270. The van der Waals surface area contributed by atoms with Gasteiger partial charge in [0.2, 0.25) is 5.91 Å². The lowest BCUT2D eigenvalue weighted by atomic mass is 9.85. The van der Waals surface area contributed by atoms with Crippen molar-refractivity contribution >= 4 is 35.0 Å². The summed E-state index contributed by atoms with van der Waals surface area (Å²) < 4.78 is 49.9. The maximum atomic E-state index is 13.2. The highest BCUT2D eigenvalue weighted by Gasteiger charge is 2.41. The number of ether oxygens (including phenoxy) is 2. The molecule has 0 aliphatic heterocycles. The number of nitrogens with one attached hydrogen (secondary N) is 3. The number of amides is 3. The van der Waals surface area contributed by atoms with Crippen molar-refractivity contribution in [2.75, 3.05) is 25.6 Å². The van der Waals surface area contributed by atoms with Crippen LogP contribution in [0.3, 0.4) is 0 Å². The van der Waals surface area contributed by atoms with Gasteiger partial charge in [0.05, 0.1) is 28.7 Å². The number of methoxy groups -OCH3 is 1. The first-order valence-electron chi connectivity index (χ1n) is 13.7. The van der Waals surface area contributed by atoms with Gasteiger partial charge in [0.25, 0.3) is 11.8 Å². The third-order valence-corrected chi connectivity index (χ3v) is 7.29. The molecule has 0 atom stereocenters. The lowest BCUT2D eigenvalue weighted by molar-refractivity contribution is -0.182. The number of hydrogen-bond acceptors (Lipinski definition) is 5. The van der Waals surface area contributed by atoms with E-state index in [2.05, 4.69) is 16.0 Å². The second-order valence-electron chi connectivity index (χ2n) is 11.3. The fourth-order valence-corrected chi connectivity index (χ4v) is 4.68. The Labute approximate surface area is 248 Å². The summed E-state index contributed by atoms with van der Waals surface area (Å²) in [6.45, 7) is 6.02. The highest BCUT2D eigenvalue weighted by molar-refractivity contribution is 6.34. The summed E-state index contributed by atoms with van der Waals surface area (Å²) in [6.07, 6.45) is -3.94. The first kappa shape index (κ1) is 33.2. The largest absolute Gasteiger partial charge is 0.490 e. The van der Waals surface area contributed by atoms with Crippen LogP contribution in [-0.4, -0.2) is 50.3 Å². The van der Waals surface area contributed by atoms with Crippen LogP contribution in [-0.2, 0) is 16.1 Å². The predicted molar refractivity (Wildman–Crippen MR) is 154 cm³/mol. The second-order valence-corrected chi connectivity index (χ2v) is 11.7. The van der Waals surface area contributed by atoms with E-state index in [-0.39, 0.29) is 78.9 Å². The van der Waals surface area contributed by atoms with Gasteiger partial charge in [-0.25, -0.2) is 0 Å². The number of hydrogen-bond donors (Lipinski definition) is 3. The molecule has 2 aromatic carbocycles. The van der Waals surface area contributed by atoms with Crippen molar-refractivity contribution in [3.63, 3.8) is 0 Å². The minimum absolute atomic E-state index is 0.0541. The minimum Gasteiger partial charge on any atom is -0.490 e. The smallest absolute Gasteiger partial charge is 0.391 e. The van der Waals surface area contributed by atoms with Crippen molar-refractivity contribution < 1.29 is 37.0 Å². The van der Waals surface area contributed by atoms with Crippen LogP contribution < -0.4 is 20.7 Å². The second kappa shape index (κ2) is 14.2. The quantitative estimate of drug-likeness (QED) is 0.280. The maximum Gasteiger partial charge on any atom is 0.391 e. The lowest BCUT2D eigenvalue weighted by Crippen LogP contribution is -2.40. The monoisotopic (exact) mass is 611 g/mol. The van der Waals surface area contributed by atoms with Crippen LogP contribution in [0.15, 0.2) is 36.4 Å². The molecule has 12 heteroatoms. The Morgan fingerprint density at radius 3 is 2.24 bits per heavy atom. The highest BCUT2D eigenvalue weighted by atomic mass is 35.5. The van der Waals surface area contributed by atoms with Crippen LogP contribution >= 0.6 is 11.6 Å². The predicted octanol–water partition coefficient (Wildman–Crippen LogP) is 6.13. The van der Waals surface area contributed by atoms with Gasteiger partial charge in [-0.15, -0.1) is 0 Å². The molecule has 2 aromatic rings. The molecule has 8 nitrogen and oxygen atoms in total. The lowest BCUT2D eigenvalue weighted by Gasteiger charge is -2.30. The molecule has 0 unspecified atom stereocenters. The van der Waals surface area contributed by atoms with E-state index < -0.39 is 35.4 Å². The van der Waals surface area contributed by atoms with Gasteiger partial charge in [0.15, 0.2) is 0 Å². The van der Waals surface area contributed by atoms with Gasteiger partial charge < -0.3 is 25.4 Å². The topological polar surface area (TPSA) is 106 Å². The number of anilines is 1. The third kappa shape index (κ3) is 9.35. The van der Waals surface area contributed by atoms with E-state index in [1.807, 2.05) is 0 Å². The number of benzene rings is 2. The zero-order valence-electron chi connectivity index (χ0n) is 24.1. The van der Waals surface area contributed by atoms with Gasteiger partial charge in [-0.1, -0.05) is 38.4 Å². The van der Waals surface area contributed by atoms with Crippen LogP contribution in [0, 0.1) is 11.3 Å². The highest BCUT2D eigenvalue weighted by Crippen LogP contribution is 2.37. The first-order valence-corrected chi connectivity index (χ1v) is 14.1. The first-order chi connectivity index (χ1) is 19.7. The van der Waals surface area contributed by atoms with Crippen LogP contribution in [0.4, 0.5) is 18.9 Å². The Balaban J connectivity index is 1.75. The van der Waals surface area contributed by atoms with Gasteiger partial charge in [-0.2, -0.15) is 13.2 Å². The van der Waals surface area contributed by atoms with Crippen LogP contribution in [0.5, 0.6) is 5.75 Å². The van der Waals surface area contributed by atoms with Gasteiger partial charge in [0.1, 0.15) is 12.4 Å². The van der Waals surface area contributed by atoms with Gasteiger partial charge in [-0.3, -0.25) is 14.4 Å². The molecule has 0 radical (unpaired) electrons. The van der Waals surface area contributed by atoms with Gasteiger partial charge >= 0.3 is 6.18 Å². The normalized spacial score (nSPS) is 17.3. The molecule has 3 amide bonds. The van der Waals surface area contributed by atoms with E-state index >= 15 is 0 Å². The summed E-state index contributed by atoms with van der Waals surface area (Å²) in [5.74, 6) is -2.33. The van der Waals surface area contributed by atoms with E-state index in [9.17, 15) is 27.6 Å². The Morgan fingerprint density at radius 1 is 0.929 bits per heavy atom. The van der Waals surface area contributed by atoms with Crippen molar-refractivity contribution in [3.8, 4) is 5.75 Å². The Morgan fingerprint density at radius 2 is 1.62 bits per heavy atom. The van der Waals surface area contributed by atoms with Crippen molar-refractivity contribution in [1.29, 1.82) is 0 Å². The molecule has 3 rings (SSSR count). The van der Waals surface area contributed by atoms with Crippen molar-refractivity contribution in [2.24, 2.45) is 11.3 Å². The third-order valence-electron chi connectivity index (χ3n) is 6.96. The van der Waals surface area contributed by atoms with Crippen molar-refractivity contribution in [1.82, 2.24) is 10.6 Å². The van der Waals surface area contributed by atoms with E-state index in [0.717, 1.165) is 0 Å². The number of carbonyl (C=O) groups excluding carboxylic acids is 3. The molecule has 0 spiro atoms. The zero-order valence-corrected chi connectivity index (χ0v) is 24.9. The summed E-state index contributed by atoms with van der Waals surface area (Å²) in [7, 11) is 1.51. The average molecular weight is 612 g/mol. The number of alkyl halides is 3. The standard InChI is InChI=1S/C30H37ClF3N3O5/c1-29(2,3)28(40)35-17-18-5-11-24(31)22(15-18)26(38)37-21-10-12-25(42-14-13-41-4)23(16-21)27(39)36-20-8-6-19(7-9-20)30(32,33)34/h5,10-12,15-16,19-20H,6-9,13-14,17H2,1-4H3,(H,35,40)(H,36,39)(H,37,38)/t19-,20-. The van der Waals surface area contributed by atoms with E-state index in [0.29, 0.717) is 5.56 Å². The number of halogens is 4. The molecular formula is C30H37ClF3N3O5. The molecule has 0 saturated heterocycles. The van der Waals surface area contributed by atoms with Crippen LogP contribution in [0.2, 0.25) is 5.02 Å². The molecule has 1 saturated carbocycles. The minimum atomic E-state index is -4.24. The molecule has 0 aromatic heterocycles. The molecule has 42 heavy (non-hydrogen) atoms. The summed E-state index contributed by atoms with van der Waals surface area (Å²) in [5, 5.41) is 8.58. The molecule has 1 aliphatic carbocycles. The van der Waals surface area contributed by atoms with Crippen LogP contribution in [0.25, 0.3) is 0 Å². The number of rotatable bonds is 10. The molecule has 3 N–H and O–H groups in total. The molecule has 0 bridgehead atoms. The average Bonchev–Trinajstić information content (AvgIpc) is 2.92. The summed E-state index contributed by atoms with van der Waals surface area (Å²) in [5.41, 5.74) is 0.675. The molecule has 1 aliphatic rings. The molecule has 1 fully saturated rings. The van der Waals surface area contributed by atoms with Gasteiger partial charge in [-0.05, 0) is 61.6 Å². The molecular weight excluding hydrogens is 575 g/mol. The van der Waals surface area contributed by atoms with Gasteiger partial charge in [0, 0.05) is 30.8 Å². The Hall–Kier alpha value is -3.31. The fourth-order valence-electron chi connectivity index (χ4n) is 4.48.